The van der Waals surface area contributed by atoms with Gasteiger partial charge in [-0.2, -0.15) is 0 Å². The van der Waals surface area contributed by atoms with Crippen molar-refractivity contribution in [2.75, 3.05) is 7.11 Å². The molecule has 0 fully saturated rings. The lowest BCUT2D eigenvalue weighted by Gasteiger charge is -2.02. The van der Waals surface area contributed by atoms with Crippen LogP contribution in [0.3, 0.4) is 0 Å². The van der Waals surface area contributed by atoms with Gasteiger partial charge in [-0.15, -0.1) is 0 Å². The van der Waals surface area contributed by atoms with Gasteiger partial charge in [-0.05, 0) is 17.7 Å². The smallest absolute Gasteiger partial charge is 0.169 e. The first-order valence-electron chi connectivity index (χ1n) is 3.61. The zero-order valence-corrected chi connectivity index (χ0v) is 7.01. The number of carbonyl (C=O) groups is 1. The van der Waals surface area contributed by atoms with Gasteiger partial charge >= 0.3 is 0 Å². The summed E-state index contributed by atoms with van der Waals surface area (Å²) in [7, 11) is 1.43. The molecule has 1 rings (SSSR count). The van der Waals surface area contributed by atoms with Crippen LogP contribution in [-0.2, 0) is 11.3 Å². The summed E-state index contributed by atoms with van der Waals surface area (Å²) in [5.74, 6) is -2.15. The summed E-state index contributed by atoms with van der Waals surface area (Å²) in [5, 5.41) is 0. The Labute approximate surface area is 74.1 Å². The molecule has 0 bridgehead atoms. The molecule has 0 radical (unpaired) electrons. The molecule has 1 aromatic carbocycles. The van der Waals surface area contributed by atoms with Crippen molar-refractivity contribution < 1.29 is 18.3 Å². The van der Waals surface area contributed by atoms with Crippen molar-refractivity contribution >= 4 is 6.29 Å². The van der Waals surface area contributed by atoms with E-state index in [4.69, 9.17) is 4.74 Å². The molecule has 0 aliphatic rings. The Balaban J connectivity index is 3.14. The van der Waals surface area contributed by atoms with Crippen molar-refractivity contribution in [3.63, 3.8) is 0 Å². The fraction of sp³-hybridized carbons (Fsp3) is 0.222. The highest BCUT2D eigenvalue weighted by Gasteiger charge is 2.09. The molecule has 4 heteroatoms. The van der Waals surface area contributed by atoms with E-state index >= 15 is 0 Å². The Morgan fingerprint density at radius 3 is 2.69 bits per heavy atom. The molecule has 0 aliphatic heterocycles. The standard InChI is InChI=1S/C9H8F2O2/c1-13-5-6-2-7(4-12)9(11)8(10)3-6/h2-4H,5H2,1H3. The Bertz CT molecular complexity index is 324. The minimum atomic E-state index is -1.12. The molecule has 0 saturated heterocycles. The summed E-state index contributed by atoms with van der Waals surface area (Å²) in [6.45, 7) is 0.151. The molecule has 13 heavy (non-hydrogen) atoms. The number of hydrogen-bond donors (Lipinski definition) is 0. The molecule has 0 spiro atoms. The van der Waals surface area contributed by atoms with Gasteiger partial charge in [-0.25, -0.2) is 8.78 Å². The predicted molar refractivity (Wildman–Crippen MR) is 42.5 cm³/mol. The highest BCUT2D eigenvalue weighted by atomic mass is 19.2. The molecule has 0 aromatic heterocycles. The van der Waals surface area contributed by atoms with E-state index in [1.165, 1.54) is 13.2 Å². The molecular weight excluding hydrogens is 178 g/mol. The molecule has 0 aliphatic carbocycles. The quantitative estimate of drug-likeness (QED) is 0.674. The molecule has 0 unspecified atom stereocenters. The first-order chi connectivity index (χ1) is 6.19. The van der Waals surface area contributed by atoms with Crippen LogP contribution in [0.1, 0.15) is 15.9 Å². The minimum absolute atomic E-state index is 0.151. The van der Waals surface area contributed by atoms with Crippen LogP contribution in [-0.4, -0.2) is 13.4 Å². The van der Waals surface area contributed by atoms with Gasteiger partial charge in [0, 0.05) is 7.11 Å². The number of rotatable bonds is 3. The van der Waals surface area contributed by atoms with Crippen LogP contribution < -0.4 is 0 Å². The molecule has 70 valence electrons. The van der Waals surface area contributed by atoms with Gasteiger partial charge in [0.25, 0.3) is 0 Å². The van der Waals surface area contributed by atoms with E-state index in [1.807, 2.05) is 0 Å². The largest absolute Gasteiger partial charge is 0.380 e. The van der Waals surface area contributed by atoms with Gasteiger partial charge in [0.2, 0.25) is 0 Å². The number of benzene rings is 1. The second-order valence-electron chi connectivity index (χ2n) is 2.53. The highest BCUT2D eigenvalue weighted by molar-refractivity contribution is 5.75. The summed E-state index contributed by atoms with van der Waals surface area (Å²) in [5.41, 5.74) is 0.149. The van der Waals surface area contributed by atoms with Gasteiger partial charge in [-0.1, -0.05) is 0 Å². The number of aldehydes is 1. The van der Waals surface area contributed by atoms with Crippen LogP contribution in [0.15, 0.2) is 12.1 Å². The molecule has 0 heterocycles. The van der Waals surface area contributed by atoms with E-state index in [1.54, 1.807) is 0 Å². The Morgan fingerprint density at radius 2 is 2.15 bits per heavy atom. The molecule has 2 nitrogen and oxygen atoms in total. The third kappa shape index (κ3) is 2.09. The SMILES string of the molecule is COCc1cc(F)c(F)c(C=O)c1. The summed E-state index contributed by atoms with van der Waals surface area (Å²) in [4.78, 5) is 10.3. The molecule has 0 amide bonds. The average molecular weight is 186 g/mol. The first kappa shape index (κ1) is 9.80. The van der Waals surface area contributed by atoms with E-state index in [9.17, 15) is 13.6 Å². The average Bonchev–Trinajstić information content (AvgIpc) is 2.11. The van der Waals surface area contributed by atoms with Gasteiger partial charge in [0.1, 0.15) is 0 Å². The number of carbonyl (C=O) groups excluding carboxylic acids is 1. The van der Waals surface area contributed by atoms with Crippen LogP contribution in [0.4, 0.5) is 8.78 Å². The minimum Gasteiger partial charge on any atom is -0.380 e. The van der Waals surface area contributed by atoms with Crippen molar-refractivity contribution in [2.24, 2.45) is 0 Å². The van der Waals surface area contributed by atoms with Gasteiger partial charge in [0.05, 0.1) is 12.2 Å². The molecule has 1 aromatic rings. The van der Waals surface area contributed by atoms with Gasteiger partial charge in [-0.3, -0.25) is 4.79 Å². The maximum absolute atomic E-state index is 12.8. The van der Waals surface area contributed by atoms with Gasteiger partial charge < -0.3 is 4.74 Å². The zero-order valence-electron chi connectivity index (χ0n) is 7.01. The second-order valence-corrected chi connectivity index (χ2v) is 2.53. The number of methoxy groups -OCH3 is 1. The van der Waals surface area contributed by atoms with Gasteiger partial charge in [0.15, 0.2) is 17.9 Å². The van der Waals surface area contributed by atoms with E-state index in [0.717, 1.165) is 6.07 Å². The maximum atomic E-state index is 12.8. The lowest BCUT2D eigenvalue weighted by atomic mass is 10.1. The molecule has 0 atom stereocenters. The van der Waals surface area contributed by atoms with E-state index in [2.05, 4.69) is 0 Å². The lowest BCUT2D eigenvalue weighted by molar-refractivity contribution is 0.111. The van der Waals surface area contributed by atoms with Crippen LogP contribution in [0.25, 0.3) is 0 Å². The first-order valence-corrected chi connectivity index (χ1v) is 3.61. The summed E-state index contributed by atoms with van der Waals surface area (Å²) in [6.07, 6.45) is 0.275. The fourth-order valence-corrected chi connectivity index (χ4v) is 1.00. The van der Waals surface area contributed by atoms with Crippen molar-refractivity contribution in [3.8, 4) is 0 Å². The lowest BCUT2D eigenvalue weighted by Crippen LogP contribution is -1.97. The third-order valence-electron chi connectivity index (χ3n) is 1.55. The molecule has 0 saturated carbocycles. The van der Waals surface area contributed by atoms with Crippen molar-refractivity contribution in [1.29, 1.82) is 0 Å². The van der Waals surface area contributed by atoms with E-state index in [0.29, 0.717) is 5.56 Å². The van der Waals surface area contributed by atoms with Crippen molar-refractivity contribution in [2.45, 2.75) is 6.61 Å². The molecular formula is C9H8F2O2. The normalized spacial score (nSPS) is 10.1. The topological polar surface area (TPSA) is 26.3 Å². The van der Waals surface area contributed by atoms with Crippen LogP contribution >= 0.6 is 0 Å². The summed E-state index contributed by atoms with van der Waals surface area (Å²) >= 11 is 0. The summed E-state index contributed by atoms with van der Waals surface area (Å²) < 4.78 is 30.3. The highest BCUT2D eigenvalue weighted by Crippen LogP contribution is 2.13. The molecule has 0 N–H and O–H groups in total. The van der Waals surface area contributed by atoms with E-state index in [-0.39, 0.29) is 18.5 Å². The maximum Gasteiger partial charge on any atom is 0.169 e. The van der Waals surface area contributed by atoms with E-state index < -0.39 is 11.6 Å². The van der Waals surface area contributed by atoms with Crippen molar-refractivity contribution in [3.05, 3.63) is 34.9 Å². The monoisotopic (exact) mass is 186 g/mol. The number of hydrogen-bond acceptors (Lipinski definition) is 2. The van der Waals surface area contributed by atoms with Crippen LogP contribution in [0.2, 0.25) is 0 Å². The Kier molecular flexibility index (Phi) is 3.08. The van der Waals surface area contributed by atoms with Crippen LogP contribution in [0, 0.1) is 11.6 Å². The third-order valence-corrected chi connectivity index (χ3v) is 1.55. The Hall–Kier alpha value is -1.29. The Morgan fingerprint density at radius 1 is 1.46 bits per heavy atom. The predicted octanol–water partition coefficient (Wildman–Crippen LogP) is 1.92. The number of ether oxygens (including phenoxy) is 1. The van der Waals surface area contributed by atoms with Crippen molar-refractivity contribution in [1.82, 2.24) is 0 Å². The summed E-state index contributed by atoms with van der Waals surface area (Å²) in [6, 6.07) is 2.26. The second kappa shape index (κ2) is 4.09. The fourth-order valence-electron chi connectivity index (χ4n) is 1.00. The van der Waals surface area contributed by atoms with Crippen LogP contribution in [0.5, 0.6) is 0 Å². The zero-order chi connectivity index (χ0) is 9.84. The number of halogens is 2.